The second-order valence-corrected chi connectivity index (χ2v) is 39.0. The van der Waals surface area contributed by atoms with Crippen LogP contribution in [0, 0.1) is 13.8 Å². The highest BCUT2D eigenvalue weighted by Crippen LogP contribution is 2.52. The number of allylic oxidation sites excluding steroid dienone is 2. The van der Waals surface area contributed by atoms with Gasteiger partial charge in [0.1, 0.15) is 17.2 Å². The molecule has 7 heterocycles. The van der Waals surface area contributed by atoms with E-state index in [1.165, 1.54) is 113 Å². The van der Waals surface area contributed by atoms with Crippen LogP contribution < -0.4 is 29.3 Å². The van der Waals surface area contributed by atoms with Gasteiger partial charge in [-0.25, -0.2) is 19.6 Å². The van der Waals surface area contributed by atoms with Crippen molar-refractivity contribution in [2.45, 2.75) is 351 Å². The molecular formula is C113H147N7O13. The molecule has 0 spiro atoms. The lowest BCUT2D eigenvalue weighted by atomic mass is 9.82. The zero-order valence-corrected chi connectivity index (χ0v) is 82.3. The number of hydrogen-bond donors (Lipinski definition) is 4. The number of aromatic amines is 2. The summed E-state index contributed by atoms with van der Waals surface area (Å²) >= 11 is 0. The van der Waals surface area contributed by atoms with Gasteiger partial charge in [0, 0.05) is 92.7 Å². The number of carbonyl (C=O) groups excluding carboxylic acids is 7. The number of H-pyrrole nitrogens is 2. The fourth-order valence-corrected chi connectivity index (χ4v) is 20.4. The molecule has 2 atom stereocenters. The third-order valence-corrected chi connectivity index (χ3v) is 28.1. The van der Waals surface area contributed by atoms with E-state index in [4.69, 9.17) is 33.7 Å². The molecule has 133 heavy (non-hydrogen) atoms. The number of benzene rings is 5. The van der Waals surface area contributed by atoms with Crippen molar-refractivity contribution in [1.82, 2.24) is 19.9 Å². The molecule has 4 aliphatic heterocycles. The Morgan fingerprint density at radius 2 is 0.970 bits per heavy atom. The minimum absolute atomic E-state index is 0.0215. The lowest BCUT2D eigenvalue weighted by molar-refractivity contribution is -0.144. The molecule has 4 N–H and O–H groups in total. The van der Waals surface area contributed by atoms with E-state index >= 15 is 19.2 Å². The Balaban J connectivity index is 0.704. The highest BCUT2D eigenvalue weighted by molar-refractivity contribution is 6.44. The first-order chi connectivity index (χ1) is 64.3. The van der Waals surface area contributed by atoms with E-state index in [9.17, 15) is 19.5 Å². The van der Waals surface area contributed by atoms with Gasteiger partial charge >= 0.3 is 11.9 Å². The first kappa shape index (κ1) is 99.7. The first-order valence-electron chi connectivity index (χ1n) is 50.7. The number of nitrogens with zero attached hydrogens (tertiary/aromatic N) is 4. The van der Waals surface area contributed by atoms with E-state index in [0.717, 1.165) is 133 Å². The zero-order valence-electron chi connectivity index (χ0n) is 82.3. The van der Waals surface area contributed by atoms with Gasteiger partial charge in [0.25, 0.3) is 23.6 Å². The summed E-state index contributed by atoms with van der Waals surface area (Å²) in [6, 6.07) is 26.6. The lowest BCUT2D eigenvalue weighted by Gasteiger charge is -2.37. The summed E-state index contributed by atoms with van der Waals surface area (Å²) in [5, 5.41) is 14.8. The number of ether oxygens (including phenoxy) is 5. The Labute approximate surface area is 789 Å². The van der Waals surface area contributed by atoms with Gasteiger partial charge in [-0.15, -0.1) is 0 Å². The summed E-state index contributed by atoms with van der Waals surface area (Å²) in [6.07, 6.45) is 31.1. The summed E-state index contributed by atoms with van der Waals surface area (Å²) in [6.45, 7) is 33.0. The highest BCUT2D eigenvalue weighted by Gasteiger charge is 2.47. The number of aromatic nitrogens is 4. The number of ketones is 1. The third-order valence-electron chi connectivity index (χ3n) is 28.1. The van der Waals surface area contributed by atoms with Crippen molar-refractivity contribution in [2.24, 2.45) is 0 Å². The average Bonchev–Trinajstić information content (AvgIpc) is 0.973. The Morgan fingerprint density at radius 1 is 0.496 bits per heavy atom. The summed E-state index contributed by atoms with van der Waals surface area (Å²) in [5.74, 6) is -2.57. The predicted octanol–water partition coefficient (Wildman–Crippen LogP) is 28.0. The molecule has 0 saturated carbocycles. The molecule has 4 amide bonds. The van der Waals surface area contributed by atoms with E-state index in [2.05, 4.69) is 49.9 Å². The van der Waals surface area contributed by atoms with Crippen LogP contribution in [0.3, 0.4) is 0 Å². The molecule has 5 aliphatic rings. The maximum atomic E-state index is 16.2. The monoisotopic (exact) mass is 1810 g/mol. The van der Waals surface area contributed by atoms with Crippen LogP contribution in [-0.2, 0) is 27.3 Å². The van der Waals surface area contributed by atoms with Crippen LogP contribution in [0.5, 0.6) is 17.2 Å². The van der Waals surface area contributed by atoms with Crippen molar-refractivity contribution in [3.8, 4) is 17.2 Å². The van der Waals surface area contributed by atoms with E-state index in [-0.39, 0.29) is 125 Å². The number of carbonyl (C=O) groups is 7. The van der Waals surface area contributed by atoms with Crippen LogP contribution in [0.1, 0.15) is 454 Å². The van der Waals surface area contributed by atoms with Gasteiger partial charge in [-0.2, -0.15) is 0 Å². The largest absolute Gasteiger partial charge is 0.493 e. The summed E-state index contributed by atoms with van der Waals surface area (Å²) < 4.78 is 31.5. The van der Waals surface area contributed by atoms with Crippen LogP contribution in [-0.4, -0.2) is 106 Å². The molecule has 0 unspecified atom stereocenters. The van der Waals surface area contributed by atoms with Crippen LogP contribution in [0.25, 0.3) is 44.0 Å². The molecular weight excluding hydrogens is 1660 g/mol. The van der Waals surface area contributed by atoms with Crippen LogP contribution in [0.2, 0.25) is 0 Å². The van der Waals surface area contributed by atoms with Gasteiger partial charge in [0.2, 0.25) is 0 Å². The minimum atomic E-state index is -0.617. The smallest absolute Gasteiger partial charge is 0.338 e. The molecule has 8 aromatic rings. The molecule has 712 valence electrons. The maximum absolute atomic E-state index is 16.2. The van der Waals surface area contributed by atoms with Crippen LogP contribution in [0.15, 0.2) is 84.9 Å². The van der Waals surface area contributed by atoms with Gasteiger partial charge in [0.15, 0.2) is 5.78 Å². The number of unbranched alkanes of at least 4 members (excludes halogenated alkanes) is 24. The SMILES string of the molecule is CCCCCCCCCCCCOc1cc(OCCCCCCCCCCCC)cc(C(=O)OCCCCCCOc2cc3c4c(c(NCCCCCCOC(=O)CC[C@@H]5c6nc(cc7[nH]c(cc8nc(cc9[nH]c%10c6CC(=O)c%10c9C)C(CC)=C8C)c(CO)c7C)[C@H]5C)cc5c4c2C(=O)N(c2c(C(C)C)cccc2C(C)C)C5=O)C(=O)N(c2c(C(C)C)cccc2C(C)C)C3=O)c1. The van der Waals surface area contributed by atoms with Crippen molar-refractivity contribution in [3.63, 3.8) is 0 Å². The standard InChI is InChI=1S/C113H147N7O13/c1-16-19-21-23-25-27-29-31-34-40-54-129-78-59-77(60-79(61-78)130-55-41-35-32-30-28-26-24-22-20-17-2)113(128)133-58-44-38-37-42-56-131-98-64-87-101-102-86(109(124)120(112(127)104(98)102)108-83(71(8)9)49-46-50-84(108)72(10)11)62-96(103(101)111(126)119(110(87)125)107-81(69(4)5)47-45-48-82(107)70(6)7)114-53-39-33-36-43-57-132-99(123)52-51-85-74(13)92-65-90-75(14)89(68-121)95(116-90)66-91-73(12)80(18-3)94(115-91)67-93-76(15)100-97(122)63-88(105(85)117-92)106(100)118-93/h45-50,59-62,64-67,69-72,74,85,114,116,118,121H,16-44,51-58,63,68H2,1-15H3/t74-,85-/m0/s1. The number of aliphatic hydroxyl groups excluding tert-OH is 1. The molecule has 0 fully saturated rings. The maximum Gasteiger partial charge on any atom is 0.338 e. The van der Waals surface area contributed by atoms with Crippen molar-refractivity contribution in [3.05, 3.63) is 186 Å². The van der Waals surface area contributed by atoms with E-state index in [1.54, 1.807) is 24.3 Å². The number of rotatable bonds is 52. The second-order valence-electron chi connectivity index (χ2n) is 39.0. The molecule has 5 aromatic carbocycles. The number of aliphatic hydroxyl groups is 1. The first-order valence-corrected chi connectivity index (χ1v) is 50.7. The Bertz CT molecular complexity index is 5660. The minimum Gasteiger partial charge on any atom is -0.493 e. The number of fused-ring (bicyclic) bond motifs is 8. The average molecular weight is 1810 g/mol. The molecule has 20 heteroatoms. The number of imide groups is 2. The fourth-order valence-electron chi connectivity index (χ4n) is 20.4. The zero-order chi connectivity index (χ0) is 94.7. The van der Waals surface area contributed by atoms with E-state index < -0.39 is 29.6 Å². The lowest BCUT2D eigenvalue weighted by Crippen LogP contribution is -2.45. The van der Waals surface area contributed by atoms with Crippen LogP contribution >= 0.6 is 0 Å². The van der Waals surface area contributed by atoms with Crippen molar-refractivity contribution >= 4 is 102 Å². The number of para-hydroxylation sites is 2. The quantitative estimate of drug-likeness (QED) is 0.0157. The van der Waals surface area contributed by atoms with Gasteiger partial charge in [-0.05, 0) is 202 Å². The summed E-state index contributed by atoms with van der Waals surface area (Å²) in [4.78, 5) is 127. The van der Waals surface area contributed by atoms with E-state index in [1.807, 2.05) is 130 Å². The molecule has 1 aliphatic carbocycles. The number of aryl methyl sites for hydroxylation is 2. The molecule has 8 bridgehead atoms. The van der Waals surface area contributed by atoms with Crippen molar-refractivity contribution in [1.29, 1.82) is 0 Å². The molecule has 0 radical (unpaired) electrons. The van der Waals surface area contributed by atoms with Gasteiger partial charge < -0.3 is 44.1 Å². The number of hydrogen-bond acceptors (Lipinski definition) is 16. The fraction of sp³-hybridized carbons (Fsp3) is 0.531. The molecule has 3 aromatic heterocycles. The normalized spacial score (nSPS) is 14.7. The number of esters is 2. The number of anilines is 3. The molecule has 20 nitrogen and oxygen atoms in total. The van der Waals surface area contributed by atoms with Gasteiger partial charge in [-0.3, -0.25) is 33.8 Å². The summed E-state index contributed by atoms with van der Waals surface area (Å²) in [5.41, 5.74) is 18.1. The Kier molecular flexibility index (Phi) is 35.2. The predicted molar refractivity (Wildman–Crippen MR) is 536 cm³/mol. The molecule has 0 saturated heterocycles. The number of Topliss-reactive ketones (excluding diaryl/α,β-unsaturated/α-hetero) is 1. The highest BCUT2D eigenvalue weighted by atomic mass is 16.5. The second kappa shape index (κ2) is 47.0. The number of nitrogens with one attached hydrogen (secondary N) is 3. The molecule has 13 rings (SSSR count). The Hall–Kier alpha value is -10.7. The van der Waals surface area contributed by atoms with Crippen molar-refractivity contribution in [2.75, 3.05) is 54.7 Å². The topological polar surface area (TPSA) is 262 Å². The summed E-state index contributed by atoms with van der Waals surface area (Å²) in [7, 11) is 0. The van der Waals surface area contributed by atoms with Crippen LogP contribution in [0.4, 0.5) is 17.1 Å². The Morgan fingerprint density at radius 3 is 1.50 bits per heavy atom. The van der Waals surface area contributed by atoms with Gasteiger partial charge in [0.05, 0.1) is 101 Å². The number of amides is 4. The third kappa shape index (κ3) is 22.9. The van der Waals surface area contributed by atoms with Gasteiger partial charge in [-0.1, -0.05) is 241 Å². The van der Waals surface area contributed by atoms with Crippen molar-refractivity contribution < 1.29 is 62.4 Å². The van der Waals surface area contributed by atoms with E-state index in [0.29, 0.717) is 117 Å².